The minimum atomic E-state index is -0.0717. The molecule has 2 aromatic carbocycles. The number of nitrogens with zero attached hydrogens (tertiary/aromatic N) is 3. The Morgan fingerprint density at radius 1 is 1.17 bits per heavy atom. The fraction of sp³-hybridized carbons (Fsp3) is 0.348. The van der Waals surface area contributed by atoms with Crippen molar-refractivity contribution >= 4 is 34.3 Å². The van der Waals surface area contributed by atoms with Gasteiger partial charge in [-0.2, -0.15) is 0 Å². The number of para-hydroxylation sites is 2. The van der Waals surface area contributed by atoms with E-state index in [0.29, 0.717) is 29.1 Å². The summed E-state index contributed by atoms with van der Waals surface area (Å²) in [6.45, 7) is 1.90. The highest BCUT2D eigenvalue weighted by molar-refractivity contribution is 7.99. The highest BCUT2D eigenvalue weighted by Gasteiger charge is 2.25. The Morgan fingerprint density at radius 3 is 2.87 bits per heavy atom. The normalized spacial score (nSPS) is 18.1. The fourth-order valence-corrected chi connectivity index (χ4v) is 5.10. The van der Waals surface area contributed by atoms with E-state index < -0.39 is 0 Å². The first-order chi connectivity index (χ1) is 14.7. The minimum Gasteiger partial charge on any atom is -0.376 e. The topological polar surface area (TPSA) is 64.4 Å². The molecule has 154 valence electrons. The van der Waals surface area contributed by atoms with Crippen molar-refractivity contribution in [3.63, 3.8) is 0 Å². The minimum absolute atomic E-state index is 0.0196. The molecule has 0 saturated carbocycles. The highest BCUT2D eigenvalue weighted by atomic mass is 32.2. The molecule has 7 heteroatoms. The number of hydrogen-bond donors (Lipinski definition) is 0. The van der Waals surface area contributed by atoms with E-state index in [1.54, 1.807) is 10.6 Å². The third kappa shape index (κ3) is 3.63. The SMILES string of the molecule is O=C(CSc1nc2ccccc2c(=O)n1C[C@H]1CCCO1)N1CCc2ccccc21. The molecule has 0 aliphatic carbocycles. The second-order valence-corrected chi connectivity index (χ2v) is 8.62. The van der Waals surface area contributed by atoms with Crippen LogP contribution in [0.3, 0.4) is 0 Å². The molecule has 6 nitrogen and oxygen atoms in total. The van der Waals surface area contributed by atoms with Crippen molar-refractivity contribution in [2.45, 2.75) is 37.1 Å². The summed E-state index contributed by atoms with van der Waals surface area (Å²) in [6.07, 6.45) is 2.85. The summed E-state index contributed by atoms with van der Waals surface area (Å²) in [5, 5.41) is 1.18. The van der Waals surface area contributed by atoms with Crippen LogP contribution in [-0.2, 0) is 22.5 Å². The molecule has 1 aromatic heterocycles. The Labute approximate surface area is 178 Å². The van der Waals surface area contributed by atoms with Crippen LogP contribution < -0.4 is 10.5 Å². The van der Waals surface area contributed by atoms with E-state index in [2.05, 4.69) is 6.07 Å². The number of ether oxygens (including phenoxy) is 1. The Kier molecular flexibility index (Phi) is 5.31. The van der Waals surface area contributed by atoms with E-state index in [1.165, 1.54) is 17.3 Å². The summed E-state index contributed by atoms with van der Waals surface area (Å²) in [5.41, 5.74) is 2.78. The van der Waals surface area contributed by atoms with Crippen molar-refractivity contribution < 1.29 is 9.53 Å². The molecular formula is C23H23N3O3S. The van der Waals surface area contributed by atoms with Crippen LogP contribution in [0.1, 0.15) is 18.4 Å². The maximum Gasteiger partial charge on any atom is 0.262 e. The van der Waals surface area contributed by atoms with Gasteiger partial charge in [0.05, 0.1) is 29.3 Å². The zero-order valence-electron chi connectivity index (χ0n) is 16.6. The molecule has 1 saturated heterocycles. The van der Waals surface area contributed by atoms with Crippen LogP contribution in [0.2, 0.25) is 0 Å². The highest BCUT2D eigenvalue weighted by Crippen LogP contribution is 2.29. The van der Waals surface area contributed by atoms with Gasteiger partial charge in [0.2, 0.25) is 5.91 Å². The third-order valence-corrected chi connectivity index (χ3v) is 6.71. The number of thioether (sulfide) groups is 1. The van der Waals surface area contributed by atoms with Crippen LogP contribution in [-0.4, -0.2) is 40.5 Å². The lowest BCUT2D eigenvalue weighted by molar-refractivity contribution is -0.116. The van der Waals surface area contributed by atoms with Gasteiger partial charge in [-0.1, -0.05) is 42.1 Å². The lowest BCUT2D eigenvalue weighted by atomic mass is 10.2. The Hall–Kier alpha value is -2.64. The van der Waals surface area contributed by atoms with Crippen LogP contribution in [0.5, 0.6) is 0 Å². The fourth-order valence-electron chi connectivity index (χ4n) is 4.21. The number of anilines is 1. The molecule has 0 spiro atoms. The molecule has 5 rings (SSSR count). The van der Waals surface area contributed by atoms with Gasteiger partial charge in [0.15, 0.2) is 5.16 Å². The van der Waals surface area contributed by atoms with Crippen LogP contribution in [0.4, 0.5) is 5.69 Å². The summed E-state index contributed by atoms with van der Waals surface area (Å²) < 4.78 is 7.44. The molecule has 2 aliphatic heterocycles. The number of aromatic nitrogens is 2. The average Bonchev–Trinajstić information content (AvgIpc) is 3.44. The summed E-state index contributed by atoms with van der Waals surface area (Å²) in [4.78, 5) is 32.7. The van der Waals surface area contributed by atoms with Gasteiger partial charge in [0.25, 0.3) is 5.56 Å². The van der Waals surface area contributed by atoms with E-state index in [4.69, 9.17) is 9.72 Å². The van der Waals surface area contributed by atoms with Crippen molar-refractivity contribution in [1.82, 2.24) is 9.55 Å². The molecule has 1 amide bonds. The van der Waals surface area contributed by atoms with Crippen LogP contribution in [0.15, 0.2) is 58.5 Å². The number of carbonyl (C=O) groups excluding carboxylic acids is 1. The molecule has 3 aromatic rings. The summed E-state index contributed by atoms with van der Waals surface area (Å²) in [7, 11) is 0. The lowest BCUT2D eigenvalue weighted by Crippen LogP contribution is -2.32. The molecular weight excluding hydrogens is 398 g/mol. The van der Waals surface area contributed by atoms with Gasteiger partial charge in [-0.3, -0.25) is 14.2 Å². The van der Waals surface area contributed by atoms with Gasteiger partial charge >= 0.3 is 0 Å². The Morgan fingerprint density at radius 2 is 2.00 bits per heavy atom. The lowest BCUT2D eigenvalue weighted by Gasteiger charge is -2.19. The van der Waals surface area contributed by atoms with Gasteiger partial charge in [-0.15, -0.1) is 0 Å². The summed E-state index contributed by atoms with van der Waals surface area (Å²) in [6, 6.07) is 15.4. The van der Waals surface area contributed by atoms with Crippen molar-refractivity contribution in [3.05, 3.63) is 64.4 Å². The molecule has 0 bridgehead atoms. The predicted octanol–water partition coefficient (Wildman–Crippen LogP) is 3.26. The van der Waals surface area contributed by atoms with E-state index in [9.17, 15) is 9.59 Å². The van der Waals surface area contributed by atoms with Crippen LogP contribution in [0, 0.1) is 0 Å². The van der Waals surface area contributed by atoms with Gasteiger partial charge in [-0.05, 0) is 43.0 Å². The molecule has 2 aliphatic rings. The number of carbonyl (C=O) groups is 1. The smallest absolute Gasteiger partial charge is 0.262 e. The summed E-state index contributed by atoms with van der Waals surface area (Å²) in [5.74, 6) is 0.279. The van der Waals surface area contributed by atoms with E-state index in [1.807, 2.05) is 41.3 Å². The van der Waals surface area contributed by atoms with Crippen LogP contribution in [0.25, 0.3) is 10.9 Å². The summed E-state index contributed by atoms with van der Waals surface area (Å²) >= 11 is 1.33. The largest absolute Gasteiger partial charge is 0.376 e. The second kappa shape index (κ2) is 8.24. The standard InChI is InChI=1S/C23H23N3O3S/c27-21(25-12-11-16-6-1-4-10-20(16)25)15-30-23-24-19-9-3-2-8-18(19)22(28)26(23)14-17-7-5-13-29-17/h1-4,6,8-10,17H,5,7,11-15H2/t17-/m1/s1. The van der Waals surface area contributed by atoms with E-state index in [0.717, 1.165) is 31.6 Å². The predicted molar refractivity (Wildman–Crippen MR) is 118 cm³/mol. The first-order valence-corrected chi connectivity index (χ1v) is 11.3. The molecule has 1 atom stereocenters. The monoisotopic (exact) mass is 421 g/mol. The quantitative estimate of drug-likeness (QED) is 0.467. The maximum atomic E-state index is 13.2. The van der Waals surface area contributed by atoms with Crippen LogP contribution >= 0.6 is 11.8 Å². The number of fused-ring (bicyclic) bond motifs is 2. The Balaban J connectivity index is 1.42. The number of amides is 1. The number of hydrogen-bond acceptors (Lipinski definition) is 5. The van der Waals surface area contributed by atoms with Crippen molar-refractivity contribution in [2.24, 2.45) is 0 Å². The maximum absolute atomic E-state index is 13.2. The van der Waals surface area contributed by atoms with Gasteiger partial charge < -0.3 is 9.64 Å². The average molecular weight is 422 g/mol. The van der Waals surface area contributed by atoms with Gasteiger partial charge in [-0.25, -0.2) is 4.98 Å². The van der Waals surface area contributed by atoms with Crippen molar-refractivity contribution in [1.29, 1.82) is 0 Å². The molecule has 3 heterocycles. The van der Waals surface area contributed by atoms with Crippen molar-refractivity contribution in [2.75, 3.05) is 23.8 Å². The molecule has 1 fully saturated rings. The second-order valence-electron chi connectivity index (χ2n) is 7.68. The molecule has 0 N–H and O–H groups in total. The first kappa shape index (κ1) is 19.3. The van der Waals surface area contributed by atoms with E-state index in [-0.39, 0.29) is 23.3 Å². The molecule has 0 radical (unpaired) electrons. The number of rotatable bonds is 5. The third-order valence-electron chi connectivity index (χ3n) is 5.75. The first-order valence-electron chi connectivity index (χ1n) is 10.3. The van der Waals surface area contributed by atoms with Crippen molar-refractivity contribution in [3.8, 4) is 0 Å². The Bertz CT molecular complexity index is 1150. The molecule has 30 heavy (non-hydrogen) atoms. The zero-order valence-corrected chi connectivity index (χ0v) is 17.4. The van der Waals surface area contributed by atoms with Gasteiger partial charge in [0.1, 0.15) is 0 Å². The number of benzene rings is 2. The molecule has 0 unspecified atom stereocenters. The van der Waals surface area contributed by atoms with Gasteiger partial charge in [0, 0.05) is 18.8 Å². The van der Waals surface area contributed by atoms with E-state index >= 15 is 0 Å². The zero-order chi connectivity index (χ0) is 20.5.